The van der Waals surface area contributed by atoms with Gasteiger partial charge in [0, 0.05) is 12.1 Å². The summed E-state index contributed by atoms with van der Waals surface area (Å²) in [4.78, 5) is 26.2. The zero-order valence-electron chi connectivity index (χ0n) is 15.7. The third-order valence-corrected chi connectivity index (χ3v) is 4.61. The predicted octanol–water partition coefficient (Wildman–Crippen LogP) is 2.30. The van der Waals surface area contributed by atoms with Crippen LogP contribution >= 0.6 is 0 Å². The Morgan fingerprint density at radius 3 is 2.68 bits per heavy atom. The molecule has 3 rings (SSSR count). The third kappa shape index (κ3) is 4.86. The first-order valence-corrected chi connectivity index (χ1v) is 9.03. The Morgan fingerprint density at radius 1 is 1.25 bits per heavy atom. The van der Waals surface area contributed by atoms with Gasteiger partial charge < -0.3 is 20.1 Å². The number of hydrogen-bond acceptors (Lipinski definition) is 4. The number of aryl methyl sites for hydroxylation is 1. The van der Waals surface area contributed by atoms with E-state index in [1.54, 1.807) is 11.0 Å². The average Bonchev–Trinajstić information content (AvgIpc) is 2.67. The van der Waals surface area contributed by atoms with Crippen molar-refractivity contribution in [1.29, 1.82) is 0 Å². The van der Waals surface area contributed by atoms with Crippen LogP contribution in [0.3, 0.4) is 0 Å². The van der Waals surface area contributed by atoms with Crippen LogP contribution in [-0.4, -0.2) is 48.6 Å². The summed E-state index contributed by atoms with van der Waals surface area (Å²) in [6, 6.07) is 12.9. The van der Waals surface area contributed by atoms with Gasteiger partial charge in [-0.05, 0) is 43.3 Å². The van der Waals surface area contributed by atoms with E-state index in [1.165, 1.54) is 24.3 Å². The quantitative estimate of drug-likeness (QED) is 0.826. The molecule has 0 aromatic heterocycles. The normalized spacial score (nSPS) is 19.3. The van der Waals surface area contributed by atoms with Gasteiger partial charge >= 0.3 is 0 Å². The van der Waals surface area contributed by atoms with Crippen LogP contribution in [0.1, 0.15) is 22.3 Å². The Kier molecular flexibility index (Phi) is 5.94. The zero-order valence-corrected chi connectivity index (χ0v) is 15.7. The number of halogens is 1. The van der Waals surface area contributed by atoms with Gasteiger partial charge in [-0.3, -0.25) is 9.59 Å². The SMILES string of the molecule is Cc1cccc(C(=O)N2CCO[C@](COc3ccc(F)cc3)(CC(N)=O)C2)c1. The molecule has 28 heavy (non-hydrogen) atoms. The monoisotopic (exact) mass is 386 g/mol. The highest BCUT2D eigenvalue weighted by atomic mass is 19.1. The van der Waals surface area contributed by atoms with Crippen LogP contribution in [0.15, 0.2) is 48.5 Å². The number of ether oxygens (including phenoxy) is 2. The molecule has 1 aliphatic rings. The molecule has 0 unspecified atom stereocenters. The van der Waals surface area contributed by atoms with Crippen LogP contribution in [-0.2, 0) is 9.53 Å². The number of carbonyl (C=O) groups excluding carboxylic acids is 2. The summed E-state index contributed by atoms with van der Waals surface area (Å²) in [5, 5.41) is 0. The smallest absolute Gasteiger partial charge is 0.254 e. The fraction of sp³-hybridized carbons (Fsp3) is 0.333. The number of benzene rings is 2. The highest BCUT2D eigenvalue weighted by Gasteiger charge is 2.41. The molecule has 1 fully saturated rings. The van der Waals surface area contributed by atoms with E-state index in [2.05, 4.69) is 0 Å². The van der Waals surface area contributed by atoms with Crippen molar-refractivity contribution in [1.82, 2.24) is 4.90 Å². The highest BCUT2D eigenvalue weighted by molar-refractivity contribution is 5.94. The van der Waals surface area contributed by atoms with Gasteiger partial charge in [0.15, 0.2) is 0 Å². The summed E-state index contributed by atoms with van der Waals surface area (Å²) in [5.74, 6) is -0.616. The van der Waals surface area contributed by atoms with Gasteiger partial charge in [-0.25, -0.2) is 4.39 Å². The fourth-order valence-electron chi connectivity index (χ4n) is 3.29. The van der Waals surface area contributed by atoms with Crippen LogP contribution in [0, 0.1) is 12.7 Å². The van der Waals surface area contributed by atoms with Crippen molar-refractivity contribution in [3.8, 4) is 5.75 Å². The van der Waals surface area contributed by atoms with E-state index >= 15 is 0 Å². The Morgan fingerprint density at radius 2 is 2.00 bits per heavy atom. The maximum Gasteiger partial charge on any atom is 0.254 e. The topological polar surface area (TPSA) is 81.9 Å². The first-order valence-electron chi connectivity index (χ1n) is 9.03. The van der Waals surface area contributed by atoms with Crippen molar-refractivity contribution in [2.75, 3.05) is 26.3 Å². The summed E-state index contributed by atoms with van der Waals surface area (Å²) in [6.45, 7) is 2.77. The van der Waals surface area contributed by atoms with Gasteiger partial charge in [-0.15, -0.1) is 0 Å². The minimum absolute atomic E-state index is 0.0131. The standard InChI is InChI=1S/C21H23FN2O4/c1-15-3-2-4-16(11-15)20(26)24-9-10-28-21(13-24,12-19(23)25)14-27-18-7-5-17(22)6-8-18/h2-8,11H,9-10,12-14H2,1H3,(H2,23,25)/t21-/m1/s1. The van der Waals surface area contributed by atoms with Crippen molar-refractivity contribution in [2.24, 2.45) is 5.73 Å². The second-order valence-electron chi connectivity index (χ2n) is 7.01. The molecule has 2 aromatic rings. The molecule has 0 aliphatic carbocycles. The molecule has 2 aromatic carbocycles. The number of hydrogen-bond donors (Lipinski definition) is 1. The zero-order chi connectivity index (χ0) is 20.1. The van der Waals surface area contributed by atoms with E-state index in [0.29, 0.717) is 17.9 Å². The van der Waals surface area contributed by atoms with Crippen LogP contribution in [0.25, 0.3) is 0 Å². The molecule has 0 spiro atoms. The lowest BCUT2D eigenvalue weighted by atomic mass is 9.96. The Bertz CT molecular complexity index is 856. The Labute approximate surface area is 163 Å². The lowest BCUT2D eigenvalue weighted by Gasteiger charge is -2.42. The number of primary amides is 1. The summed E-state index contributed by atoms with van der Waals surface area (Å²) >= 11 is 0. The summed E-state index contributed by atoms with van der Waals surface area (Å²) in [7, 11) is 0. The van der Waals surface area contributed by atoms with Crippen molar-refractivity contribution >= 4 is 11.8 Å². The van der Waals surface area contributed by atoms with Gasteiger partial charge in [-0.2, -0.15) is 0 Å². The molecule has 1 atom stereocenters. The molecule has 1 heterocycles. The first-order chi connectivity index (χ1) is 13.4. The van der Waals surface area contributed by atoms with Gasteiger partial charge in [0.05, 0.1) is 19.6 Å². The lowest BCUT2D eigenvalue weighted by molar-refractivity contribution is -0.142. The Balaban J connectivity index is 1.76. The molecule has 1 aliphatic heterocycles. The van der Waals surface area contributed by atoms with Crippen LogP contribution in [0.4, 0.5) is 4.39 Å². The number of amides is 2. The predicted molar refractivity (Wildman–Crippen MR) is 101 cm³/mol. The van der Waals surface area contributed by atoms with E-state index < -0.39 is 11.5 Å². The van der Waals surface area contributed by atoms with Crippen molar-refractivity contribution in [2.45, 2.75) is 18.9 Å². The van der Waals surface area contributed by atoms with Crippen LogP contribution in [0.2, 0.25) is 0 Å². The third-order valence-electron chi connectivity index (χ3n) is 4.61. The first kappa shape index (κ1) is 19.8. The highest BCUT2D eigenvalue weighted by Crippen LogP contribution is 2.25. The van der Waals surface area contributed by atoms with Crippen molar-refractivity contribution < 1.29 is 23.5 Å². The second-order valence-corrected chi connectivity index (χ2v) is 7.01. The lowest BCUT2D eigenvalue weighted by Crippen LogP contribution is -2.58. The van der Waals surface area contributed by atoms with E-state index in [1.807, 2.05) is 25.1 Å². The number of rotatable bonds is 6. The number of morpholine rings is 1. The molecule has 148 valence electrons. The average molecular weight is 386 g/mol. The largest absolute Gasteiger partial charge is 0.490 e. The maximum atomic E-state index is 13.1. The fourth-order valence-corrected chi connectivity index (χ4v) is 3.29. The molecule has 0 bridgehead atoms. The van der Waals surface area contributed by atoms with Crippen LogP contribution in [0.5, 0.6) is 5.75 Å². The molecular formula is C21H23FN2O4. The Hall–Kier alpha value is -2.93. The summed E-state index contributed by atoms with van der Waals surface area (Å²) < 4.78 is 24.7. The minimum atomic E-state index is -1.06. The molecule has 0 radical (unpaired) electrons. The van der Waals surface area contributed by atoms with Gasteiger partial charge in [-0.1, -0.05) is 17.7 Å². The molecule has 2 N–H and O–H groups in total. The van der Waals surface area contributed by atoms with Gasteiger partial charge in [0.2, 0.25) is 5.91 Å². The number of nitrogens with two attached hydrogens (primary N) is 1. The minimum Gasteiger partial charge on any atom is -0.490 e. The molecular weight excluding hydrogens is 363 g/mol. The molecule has 7 heteroatoms. The van der Waals surface area contributed by atoms with Crippen molar-refractivity contribution in [3.05, 3.63) is 65.5 Å². The molecule has 1 saturated heterocycles. The second kappa shape index (κ2) is 8.39. The number of carbonyl (C=O) groups is 2. The number of nitrogens with zero attached hydrogens (tertiary/aromatic N) is 1. The van der Waals surface area contributed by atoms with Gasteiger partial charge in [0.1, 0.15) is 23.8 Å². The van der Waals surface area contributed by atoms with E-state index in [-0.39, 0.29) is 37.9 Å². The molecule has 6 nitrogen and oxygen atoms in total. The van der Waals surface area contributed by atoms with Crippen molar-refractivity contribution in [3.63, 3.8) is 0 Å². The van der Waals surface area contributed by atoms with E-state index in [4.69, 9.17) is 15.2 Å². The summed E-state index contributed by atoms with van der Waals surface area (Å²) in [6.07, 6.45) is -0.0915. The van der Waals surface area contributed by atoms with E-state index in [0.717, 1.165) is 5.56 Å². The van der Waals surface area contributed by atoms with Crippen LogP contribution < -0.4 is 10.5 Å². The summed E-state index contributed by atoms with van der Waals surface area (Å²) in [5.41, 5.74) is 5.93. The van der Waals surface area contributed by atoms with Gasteiger partial charge in [0.25, 0.3) is 5.91 Å². The van der Waals surface area contributed by atoms with E-state index in [9.17, 15) is 14.0 Å². The molecule has 2 amide bonds. The molecule has 0 saturated carbocycles. The maximum absolute atomic E-state index is 13.1.